The van der Waals surface area contributed by atoms with Crippen LogP contribution in [0.15, 0.2) is 36.0 Å². The minimum atomic E-state index is 0.776. The largest absolute Gasteiger partial charge is 0.312 e. The van der Waals surface area contributed by atoms with Gasteiger partial charge in [-0.3, -0.25) is 0 Å². The monoisotopic (exact) mass is 190 g/mol. The van der Waals surface area contributed by atoms with Crippen molar-refractivity contribution in [3.8, 4) is 0 Å². The average Bonchev–Trinajstić information content (AvgIpc) is 2.65. The van der Waals surface area contributed by atoms with E-state index < -0.39 is 0 Å². The van der Waals surface area contributed by atoms with Gasteiger partial charge in [0.2, 0.25) is 0 Å². The molecule has 2 nitrogen and oxygen atoms in total. The van der Waals surface area contributed by atoms with E-state index in [1.807, 2.05) is 6.08 Å². The molecule has 1 fully saturated rings. The molecule has 0 aromatic heterocycles. The Balaban J connectivity index is 1.88. The van der Waals surface area contributed by atoms with Gasteiger partial charge < -0.3 is 10.6 Å². The van der Waals surface area contributed by atoms with E-state index in [0.29, 0.717) is 0 Å². The first-order valence-electron chi connectivity index (χ1n) is 5.32. The van der Waals surface area contributed by atoms with Gasteiger partial charge in [0.05, 0.1) is 0 Å². The van der Waals surface area contributed by atoms with Crippen LogP contribution in [0.1, 0.15) is 6.42 Å². The van der Waals surface area contributed by atoms with Crippen molar-refractivity contribution < 1.29 is 0 Å². The van der Waals surface area contributed by atoms with E-state index in [9.17, 15) is 0 Å². The fraction of sp³-hybridized carbons (Fsp3) is 0.500. The normalized spacial score (nSPS) is 25.3. The second kappa shape index (κ2) is 4.58. The van der Waals surface area contributed by atoms with E-state index >= 15 is 0 Å². The minimum absolute atomic E-state index is 0.776. The summed E-state index contributed by atoms with van der Waals surface area (Å²) in [6.07, 6.45) is 7.82. The second-order valence-corrected chi connectivity index (χ2v) is 3.98. The lowest BCUT2D eigenvalue weighted by Gasteiger charge is -2.16. The highest BCUT2D eigenvalue weighted by atomic mass is 14.9. The number of rotatable bonds is 4. The van der Waals surface area contributed by atoms with E-state index in [0.717, 1.165) is 32.1 Å². The Bertz CT molecular complexity index is 276. The zero-order chi connectivity index (χ0) is 9.80. The van der Waals surface area contributed by atoms with Crippen molar-refractivity contribution in [3.63, 3.8) is 0 Å². The predicted molar refractivity (Wildman–Crippen MR) is 60.2 cm³/mol. The van der Waals surface area contributed by atoms with Gasteiger partial charge in [-0.25, -0.2) is 0 Å². The van der Waals surface area contributed by atoms with Gasteiger partial charge in [0.1, 0.15) is 0 Å². The van der Waals surface area contributed by atoms with Crippen molar-refractivity contribution in [1.82, 2.24) is 10.6 Å². The second-order valence-electron chi connectivity index (χ2n) is 3.98. The van der Waals surface area contributed by atoms with Gasteiger partial charge in [-0.05, 0) is 17.9 Å². The quantitative estimate of drug-likeness (QED) is 0.515. The van der Waals surface area contributed by atoms with Crippen molar-refractivity contribution in [2.24, 2.45) is 5.92 Å². The first-order valence-corrected chi connectivity index (χ1v) is 5.32. The van der Waals surface area contributed by atoms with Crippen LogP contribution in [0.25, 0.3) is 0 Å². The molecule has 76 valence electrons. The van der Waals surface area contributed by atoms with Crippen LogP contribution in [0.4, 0.5) is 0 Å². The van der Waals surface area contributed by atoms with Crippen LogP contribution >= 0.6 is 0 Å². The topological polar surface area (TPSA) is 24.1 Å². The van der Waals surface area contributed by atoms with Crippen molar-refractivity contribution in [2.75, 3.05) is 26.2 Å². The standard InChI is InChI=1S/C12H18N2/c1-2-5-13-7-10-3-4-11-8-14-9-12(11)6-10/h2-3,6,11,13-14H,1,4-5,7-9H2. The van der Waals surface area contributed by atoms with Gasteiger partial charge >= 0.3 is 0 Å². The number of hydrogen-bond donors (Lipinski definition) is 2. The summed E-state index contributed by atoms with van der Waals surface area (Å²) in [5.74, 6) is 0.776. The average molecular weight is 190 g/mol. The van der Waals surface area contributed by atoms with Crippen molar-refractivity contribution in [3.05, 3.63) is 36.0 Å². The number of nitrogens with one attached hydrogen (secondary N) is 2. The predicted octanol–water partition coefficient (Wildman–Crippen LogP) is 1.24. The highest BCUT2D eigenvalue weighted by molar-refractivity contribution is 5.33. The summed E-state index contributed by atoms with van der Waals surface area (Å²) in [7, 11) is 0. The zero-order valence-electron chi connectivity index (χ0n) is 8.55. The molecule has 0 bridgehead atoms. The molecule has 2 heteroatoms. The molecule has 0 radical (unpaired) electrons. The highest BCUT2D eigenvalue weighted by Crippen LogP contribution is 2.26. The van der Waals surface area contributed by atoms with Crippen molar-refractivity contribution in [2.45, 2.75) is 6.42 Å². The molecule has 0 saturated carbocycles. The molecule has 2 N–H and O–H groups in total. The molecule has 1 saturated heterocycles. The molecule has 2 aliphatic rings. The van der Waals surface area contributed by atoms with Gasteiger partial charge in [0, 0.05) is 26.2 Å². The lowest BCUT2D eigenvalue weighted by atomic mass is 9.91. The van der Waals surface area contributed by atoms with Gasteiger partial charge in [0.25, 0.3) is 0 Å². The molecular weight excluding hydrogens is 172 g/mol. The summed E-state index contributed by atoms with van der Waals surface area (Å²) in [4.78, 5) is 0. The van der Waals surface area contributed by atoms with E-state index in [2.05, 4.69) is 29.4 Å². The van der Waals surface area contributed by atoms with Crippen LogP contribution in [-0.2, 0) is 0 Å². The summed E-state index contributed by atoms with van der Waals surface area (Å²) in [5, 5.41) is 6.75. The van der Waals surface area contributed by atoms with Crippen molar-refractivity contribution in [1.29, 1.82) is 0 Å². The Morgan fingerprint density at radius 1 is 1.64 bits per heavy atom. The molecule has 0 spiro atoms. The lowest BCUT2D eigenvalue weighted by Crippen LogP contribution is -2.18. The Morgan fingerprint density at radius 3 is 3.43 bits per heavy atom. The zero-order valence-corrected chi connectivity index (χ0v) is 8.55. The Hall–Kier alpha value is -0.860. The van der Waals surface area contributed by atoms with Gasteiger partial charge in [0.15, 0.2) is 0 Å². The first-order chi connectivity index (χ1) is 6.90. The maximum atomic E-state index is 3.69. The lowest BCUT2D eigenvalue weighted by molar-refractivity contribution is 0.651. The molecule has 0 aromatic carbocycles. The molecule has 0 amide bonds. The molecule has 0 aromatic rings. The van der Waals surface area contributed by atoms with Crippen LogP contribution in [0.5, 0.6) is 0 Å². The molecular formula is C12H18N2. The Labute approximate surface area is 85.8 Å². The summed E-state index contributed by atoms with van der Waals surface area (Å²) in [6, 6.07) is 0. The van der Waals surface area contributed by atoms with Crippen LogP contribution in [0.2, 0.25) is 0 Å². The molecule has 1 aliphatic heterocycles. The minimum Gasteiger partial charge on any atom is -0.312 e. The highest BCUT2D eigenvalue weighted by Gasteiger charge is 2.21. The fourth-order valence-electron chi connectivity index (χ4n) is 2.10. The molecule has 1 heterocycles. The van der Waals surface area contributed by atoms with Crippen LogP contribution in [0.3, 0.4) is 0 Å². The third-order valence-corrected chi connectivity index (χ3v) is 2.90. The Morgan fingerprint density at radius 2 is 2.57 bits per heavy atom. The molecule has 1 unspecified atom stereocenters. The first kappa shape index (κ1) is 9.69. The summed E-state index contributed by atoms with van der Waals surface area (Å²) < 4.78 is 0. The van der Waals surface area contributed by atoms with Gasteiger partial charge in [-0.15, -0.1) is 6.58 Å². The maximum Gasteiger partial charge on any atom is 0.0205 e. The van der Waals surface area contributed by atoms with E-state index in [-0.39, 0.29) is 0 Å². The Kier molecular flexibility index (Phi) is 3.17. The van der Waals surface area contributed by atoms with Crippen LogP contribution < -0.4 is 10.6 Å². The summed E-state index contributed by atoms with van der Waals surface area (Å²) in [6.45, 7) is 7.80. The third kappa shape index (κ3) is 2.14. The number of fused-ring (bicyclic) bond motifs is 1. The maximum absolute atomic E-state index is 3.69. The van der Waals surface area contributed by atoms with E-state index in [4.69, 9.17) is 0 Å². The van der Waals surface area contributed by atoms with Crippen LogP contribution in [-0.4, -0.2) is 26.2 Å². The fourth-order valence-corrected chi connectivity index (χ4v) is 2.10. The molecule has 14 heavy (non-hydrogen) atoms. The van der Waals surface area contributed by atoms with E-state index in [1.165, 1.54) is 12.0 Å². The van der Waals surface area contributed by atoms with Crippen molar-refractivity contribution >= 4 is 0 Å². The number of hydrogen-bond acceptors (Lipinski definition) is 2. The SMILES string of the molecule is C=CCNCC1=CCC2CNCC2=C1. The molecule has 1 atom stereocenters. The van der Waals surface area contributed by atoms with E-state index in [1.54, 1.807) is 5.57 Å². The third-order valence-electron chi connectivity index (χ3n) is 2.90. The van der Waals surface area contributed by atoms with Gasteiger partial charge in [-0.1, -0.05) is 23.8 Å². The molecule has 1 aliphatic carbocycles. The smallest absolute Gasteiger partial charge is 0.0205 e. The summed E-state index contributed by atoms with van der Waals surface area (Å²) >= 11 is 0. The molecule has 2 rings (SSSR count). The van der Waals surface area contributed by atoms with Gasteiger partial charge in [-0.2, -0.15) is 0 Å². The summed E-state index contributed by atoms with van der Waals surface area (Å²) in [5.41, 5.74) is 3.02. The number of allylic oxidation sites excluding steroid dienone is 1. The van der Waals surface area contributed by atoms with Crippen LogP contribution in [0, 0.1) is 5.92 Å².